The summed E-state index contributed by atoms with van der Waals surface area (Å²) in [6.07, 6.45) is 0. The second kappa shape index (κ2) is 6.72. The molecule has 0 aliphatic rings. The lowest BCUT2D eigenvalue weighted by Crippen LogP contribution is -2.11. The van der Waals surface area contributed by atoms with Crippen LogP contribution in [0.3, 0.4) is 0 Å². The Hall–Kier alpha value is -1.59. The molecule has 0 bridgehead atoms. The summed E-state index contributed by atoms with van der Waals surface area (Å²) in [6, 6.07) is 12.7. The number of thioether (sulfide) groups is 1. The quantitative estimate of drug-likeness (QED) is 0.813. The monoisotopic (exact) mass is 313 g/mol. The van der Waals surface area contributed by atoms with Gasteiger partial charge < -0.3 is 5.32 Å². The van der Waals surface area contributed by atoms with Gasteiger partial charge in [0.1, 0.15) is 0 Å². The van der Waals surface area contributed by atoms with E-state index in [0.717, 1.165) is 0 Å². The van der Waals surface area contributed by atoms with Gasteiger partial charge in [0.15, 0.2) is 0 Å². The summed E-state index contributed by atoms with van der Waals surface area (Å²) < 4.78 is 24.3. The van der Waals surface area contributed by atoms with E-state index in [1.165, 1.54) is 24.3 Å². The number of anilines is 1. The van der Waals surface area contributed by atoms with Crippen LogP contribution in [-0.2, 0) is 0 Å². The number of hydrogen-bond acceptors (Lipinski definition) is 2. The first kappa shape index (κ1) is 14.8. The van der Waals surface area contributed by atoms with E-state index in [2.05, 4.69) is 5.32 Å². The van der Waals surface area contributed by atoms with Gasteiger partial charge in [0.25, 0.3) is 11.7 Å². The first-order valence-electron chi connectivity index (χ1n) is 5.66. The number of halogens is 3. The number of hydrogen-bond donors (Lipinski definition) is 1. The second-order valence-corrected chi connectivity index (χ2v) is 5.36. The summed E-state index contributed by atoms with van der Waals surface area (Å²) in [4.78, 5) is 12.4. The molecule has 0 spiro atoms. The molecule has 0 saturated carbocycles. The Bertz CT molecular complexity index is 587. The lowest BCUT2D eigenvalue weighted by Gasteiger charge is -2.06. The molecule has 0 unspecified atom stereocenters. The summed E-state index contributed by atoms with van der Waals surface area (Å²) in [5.74, 6) is -2.77. The van der Waals surface area contributed by atoms with Crippen LogP contribution in [0.5, 0.6) is 0 Å². The molecule has 104 valence electrons. The third kappa shape index (κ3) is 4.21. The van der Waals surface area contributed by atoms with Crippen LogP contribution < -0.4 is 5.32 Å². The van der Waals surface area contributed by atoms with Crippen LogP contribution in [0, 0.1) is 0 Å². The maximum atomic E-state index is 12.2. The Morgan fingerprint density at radius 2 is 1.65 bits per heavy atom. The van der Waals surface area contributed by atoms with E-state index in [4.69, 9.17) is 11.6 Å². The third-order valence-corrected chi connectivity index (χ3v) is 3.42. The van der Waals surface area contributed by atoms with Crippen molar-refractivity contribution < 1.29 is 13.6 Å². The average molecular weight is 314 g/mol. The Balaban J connectivity index is 2.03. The zero-order valence-corrected chi connectivity index (χ0v) is 11.7. The highest BCUT2D eigenvalue weighted by Gasteiger charge is 2.08. The van der Waals surface area contributed by atoms with Crippen molar-refractivity contribution in [2.24, 2.45) is 0 Å². The molecular weight excluding hydrogens is 304 g/mol. The molecule has 0 radical (unpaired) electrons. The summed E-state index contributed by atoms with van der Waals surface area (Å²) in [7, 11) is 0. The highest BCUT2D eigenvalue weighted by atomic mass is 35.5. The number of alkyl halides is 2. The molecule has 20 heavy (non-hydrogen) atoms. The smallest absolute Gasteiger partial charge is 0.288 e. The van der Waals surface area contributed by atoms with Crippen LogP contribution in [-0.4, -0.2) is 11.7 Å². The number of carbonyl (C=O) groups excluding carboxylic acids is 1. The molecular formula is C14H10ClF2NOS. The van der Waals surface area contributed by atoms with Crippen LogP contribution in [0.1, 0.15) is 10.4 Å². The molecule has 1 amide bonds. The molecule has 0 aromatic heterocycles. The van der Waals surface area contributed by atoms with Gasteiger partial charge in [-0.25, -0.2) is 0 Å². The van der Waals surface area contributed by atoms with Crippen molar-refractivity contribution in [1.82, 2.24) is 0 Å². The minimum atomic E-state index is -2.47. The third-order valence-electron chi connectivity index (χ3n) is 2.44. The van der Waals surface area contributed by atoms with Crippen molar-refractivity contribution in [3.05, 3.63) is 59.1 Å². The fourth-order valence-electron chi connectivity index (χ4n) is 1.52. The highest BCUT2D eigenvalue weighted by Crippen LogP contribution is 2.25. The Morgan fingerprint density at radius 1 is 1.05 bits per heavy atom. The molecule has 6 heteroatoms. The maximum Gasteiger partial charge on any atom is 0.288 e. The van der Waals surface area contributed by atoms with Gasteiger partial charge in [0.2, 0.25) is 0 Å². The van der Waals surface area contributed by atoms with Crippen molar-refractivity contribution in [2.75, 3.05) is 5.32 Å². The number of benzene rings is 2. The first-order chi connectivity index (χ1) is 9.54. The van der Waals surface area contributed by atoms with Crippen molar-refractivity contribution in [2.45, 2.75) is 10.7 Å². The minimum absolute atomic E-state index is 0.305. The molecule has 0 fully saturated rings. The number of amides is 1. The van der Waals surface area contributed by atoms with Crippen LogP contribution in [0.25, 0.3) is 0 Å². The van der Waals surface area contributed by atoms with Gasteiger partial charge in [0, 0.05) is 21.2 Å². The lowest BCUT2D eigenvalue weighted by molar-refractivity contribution is 0.102. The van der Waals surface area contributed by atoms with Crippen molar-refractivity contribution in [3.63, 3.8) is 0 Å². The van der Waals surface area contributed by atoms with Crippen LogP contribution in [0.4, 0.5) is 14.5 Å². The normalized spacial score (nSPS) is 10.6. The Labute approximate surface area is 124 Å². The largest absolute Gasteiger partial charge is 0.322 e. The number of rotatable bonds is 4. The zero-order valence-electron chi connectivity index (χ0n) is 10.1. The topological polar surface area (TPSA) is 29.1 Å². The van der Waals surface area contributed by atoms with Crippen molar-refractivity contribution in [3.8, 4) is 0 Å². The Kier molecular flexibility index (Phi) is 4.98. The standard InChI is InChI=1S/C14H10ClF2NOS/c15-10-3-5-11(6-4-10)18-13(19)9-1-7-12(8-2-9)20-14(16)17/h1-8,14H,(H,18,19). The van der Waals surface area contributed by atoms with Gasteiger partial charge in [-0.1, -0.05) is 23.4 Å². The summed E-state index contributed by atoms with van der Waals surface area (Å²) in [5, 5.41) is 3.27. The molecule has 1 N–H and O–H groups in total. The van der Waals surface area contributed by atoms with Gasteiger partial charge in [-0.2, -0.15) is 8.78 Å². The van der Waals surface area contributed by atoms with Crippen LogP contribution >= 0.6 is 23.4 Å². The molecule has 0 saturated heterocycles. The molecule has 0 aliphatic carbocycles. The van der Waals surface area contributed by atoms with Crippen LogP contribution in [0.15, 0.2) is 53.4 Å². The maximum absolute atomic E-state index is 12.2. The van der Waals surface area contributed by atoms with Gasteiger partial charge >= 0.3 is 0 Å². The fraction of sp³-hybridized carbons (Fsp3) is 0.0714. The lowest BCUT2D eigenvalue weighted by atomic mass is 10.2. The first-order valence-corrected chi connectivity index (χ1v) is 6.92. The second-order valence-electron chi connectivity index (χ2n) is 3.86. The van der Waals surface area contributed by atoms with Crippen molar-refractivity contribution >= 4 is 35.0 Å². The molecule has 2 aromatic rings. The zero-order chi connectivity index (χ0) is 14.5. The molecule has 2 nitrogen and oxygen atoms in total. The number of carbonyl (C=O) groups is 1. The molecule has 0 heterocycles. The minimum Gasteiger partial charge on any atom is -0.322 e. The van der Waals surface area contributed by atoms with Gasteiger partial charge in [-0.15, -0.1) is 0 Å². The summed E-state index contributed by atoms with van der Waals surface area (Å²) in [5.41, 5.74) is 1.02. The van der Waals surface area contributed by atoms with E-state index in [9.17, 15) is 13.6 Å². The number of nitrogens with one attached hydrogen (secondary N) is 1. The molecule has 0 atom stereocenters. The van der Waals surface area contributed by atoms with Crippen LogP contribution in [0.2, 0.25) is 5.02 Å². The summed E-state index contributed by atoms with van der Waals surface area (Å²) >= 11 is 6.19. The van der Waals surface area contributed by atoms with E-state index in [0.29, 0.717) is 32.9 Å². The average Bonchev–Trinajstić information content (AvgIpc) is 2.41. The van der Waals surface area contributed by atoms with E-state index in [1.807, 2.05) is 0 Å². The summed E-state index contributed by atoms with van der Waals surface area (Å²) in [6.45, 7) is 0. The molecule has 2 aromatic carbocycles. The van der Waals surface area contributed by atoms with Gasteiger partial charge in [0.05, 0.1) is 0 Å². The predicted molar refractivity (Wildman–Crippen MR) is 77.7 cm³/mol. The van der Waals surface area contributed by atoms with E-state index in [-0.39, 0.29) is 5.91 Å². The molecule has 2 rings (SSSR count). The Morgan fingerprint density at radius 3 is 2.20 bits per heavy atom. The predicted octanol–water partition coefficient (Wildman–Crippen LogP) is 4.91. The highest BCUT2D eigenvalue weighted by molar-refractivity contribution is 7.99. The van der Waals surface area contributed by atoms with E-state index < -0.39 is 5.76 Å². The SMILES string of the molecule is O=C(Nc1ccc(Cl)cc1)c1ccc(SC(F)F)cc1. The van der Waals surface area contributed by atoms with Gasteiger partial charge in [-0.05, 0) is 48.5 Å². The molecule has 0 aliphatic heterocycles. The van der Waals surface area contributed by atoms with E-state index >= 15 is 0 Å². The fourth-order valence-corrected chi connectivity index (χ4v) is 2.15. The van der Waals surface area contributed by atoms with Gasteiger partial charge in [-0.3, -0.25) is 4.79 Å². The van der Waals surface area contributed by atoms with E-state index in [1.54, 1.807) is 24.3 Å². The van der Waals surface area contributed by atoms with Crippen molar-refractivity contribution in [1.29, 1.82) is 0 Å².